The minimum Gasteiger partial charge on any atom is -0.389 e. The van der Waals surface area contributed by atoms with Gasteiger partial charge in [-0.25, -0.2) is 4.39 Å². The van der Waals surface area contributed by atoms with Crippen LogP contribution in [0.5, 0.6) is 0 Å². The highest BCUT2D eigenvalue weighted by molar-refractivity contribution is 9.10. The molecule has 60 valence electrons. The van der Waals surface area contributed by atoms with E-state index < -0.39 is 6.10 Å². The molecule has 0 amide bonds. The van der Waals surface area contributed by atoms with Crippen molar-refractivity contribution in [3.05, 3.63) is 34.1 Å². The molecule has 0 aromatic heterocycles. The zero-order chi connectivity index (χ0) is 8.43. The van der Waals surface area contributed by atoms with Gasteiger partial charge in [-0.2, -0.15) is 0 Å². The van der Waals surface area contributed by atoms with Crippen molar-refractivity contribution in [2.75, 3.05) is 0 Å². The number of hydrogen-bond acceptors (Lipinski definition) is 1. The van der Waals surface area contributed by atoms with Gasteiger partial charge < -0.3 is 5.11 Å². The molecule has 0 heterocycles. The van der Waals surface area contributed by atoms with E-state index in [9.17, 15) is 4.39 Å². The third kappa shape index (κ3) is 2.01. The van der Waals surface area contributed by atoms with E-state index in [0.29, 0.717) is 10.0 Å². The molecule has 0 saturated carbocycles. The van der Waals surface area contributed by atoms with E-state index in [-0.39, 0.29) is 5.82 Å². The Hall–Kier alpha value is -0.410. The molecule has 1 nitrogen and oxygen atoms in total. The molecule has 1 N–H and O–H groups in total. The molecule has 0 bridgehead atoms. The van der Waals surface area contributed by atoms with Crippen LogP contribution in [0.25, 0.3) is 0 Å². The predicted molar refractivity (Wildman–Crippen MR) is 44.7 cm³/mol. The summed E-state index contributed by atoms with van der Waals surface area (Å²) in [6.07, 6.45) is -0.549. The molecule has 1 atom stereocenters. The summed E-state index contributed by atoms with van der Waals surface area (Å²) in [5.41, 5.74) is 0.707. The number of hydrogen-bond donors (Lipinski definition) is 1. The van der Waals surface area contributed by atoms with Crippen LogP contribution < -0.4 is 0 Å². The highest BCUT2D eigenvalue weighted by Crippen LogP contribution is 2.20. The van der Waals surface area contributed by atoms with E-state index in [2.05, 4.69) is 15.9 Å². The van der Waals surface area contributed by atoms with Gasteiger partial charge in [0, 0.05) is 0 Å². The normalized spacial score (nSPS) is 13.1. The number of aliphatic hydroxyl groups excluding tert-OH is 1. The van der Waals surface area contributed by atoms with Gasteiger partial charge in [-0.15, -0.1) is 0 Å². The van der Waals surface area contributed by atoms with Gasteiger partial charge in [0.2, 0.25) is 0 Å². The van der Waals surface area contributed by atoms with Crippen LogP contribution in [0.4, 0.5) is 4.39 Å². The zero-order valence-electron chi connectivity index (χ0n) is 6.01. The highest BCUT2D eigenvalue weighted by Gasteiger charge is 2.03. The van der Waals surface area contributed by atoms with Crippen molar-refractivity contribution < 1.29 is 9.50 Å². The van der Waals surface area contributed by atoms with Crippen LogP contribution in [-0.2, 0) is 0 Å². The van der Waals surface area contributed by atoms with Crippen molar-refractivity contribution >= 4 is 15.9 Å². The maximum absolute atomic E-state index is 12.6. The second kappa shape index (κ2) is 3.32. The Labute approximate surface area is 73.0 Å². The average Bonchev–Trinajstić information content (AvgIpc) is 1.94. The average molecular weight is 219 g/mol. The quantitative estimate of drug-likeness (QED) is 0.769. The monoisotopic (exact) mass is 218 g/mol. The van der Waals surface area contributed by atoms with Crippen LogP contribution >= 0.6 is 15.9 Å². The molecule has 0 saturated heterocycles. The van der Waals surface area contributed by atoms with Crippen LogP contribution in [0.1, 0.15) is 18.6 Å². The summed E-state index contributed by atoms with van der Waals surface area (Å²) in [7, 11) is 0. The summed E-state index contributed by atoms with van der Waals surface area (Å²) >= 11 is 3.03. The number of halogens is 2. The van der Waals surface area contributed by atoms with Gasteiger partial charge in [0.1, 0.15) is 5.82 Å². The summed E-state index contributed by atoms with van der Waals surface area (Å²) in [4.78, 5) is 0. The summed E-state index contributed by atoms with van der Waals surface area (Å²) < 4.78 is 13.0. The first-order valence-electron chi connectivity index (χ1n) is 3.24. The molecule has 1 aromatic rings. The Kier molecular flexibility index (Phi) is 2.62. The number of rotatable bonds is 1. The van der Waals surface area contributed by atoms with E-state index in [1.54, 1.807) is 19.1 Å². The fourth-order valence-corrected chi connectivity index (χ4v) is 1.17. The molecule has 1 rings (SSSR count). The SMILES string of the molecule is CC(O)c1ccc(F)c(Br)c1. The first-order valence-corrected chi connectivity index (χ1v) is 4.03. The Bertz CT molecular complexity index is 260. The van der Waals surface area contributed by atoms with E-state index in [0.717, 1.165) is 0 Å². The van der Waals surface area contributed by atoms with E-state index in [1.807, 2.05) is 0 Å². The Morgan fingerprint density at radius 2 is 2.18 bits per heavy atom. The van der Waals surface area contributed by atoms with E-state index >= 15 is 0 Å². The molecule has 0 spiro atoms. The lowest BCUT2D eigenvalue weighted by Gasteiger charge is -2.04. The van der Waals surface area contributed by atoms with Crippen molar-refractivity contribution in [2.45, 2.75) is 13.0 Å². The molecule has 1 aromatic carbocycles. The first kappa shape index (κ1) is 8.68. The number of aliphatic hydroxyl groups is 1. The van der Waals surface area contributed by atoms with Crippen LogP contribution in [0, 0.1) is 5.82 Å². The third-order valence-electron chi connectivity index (χ3n) is 1.43. The van der Waals surface area contributed by atoms with Gasteiger partial charge in [-0.3, -0.25) is 0 Å². The smallest absolute Gasteiger partial charge is 0.137 e. The van der Waals surface area contributed by atoms with Crippen molar-refractivity contribution in [1.82, 2.24) is 0 Å². The van der Waals surface area contributed by atoms with Crippen LogP contribution in [-0.4, -0.2) is 5.11 Å². The highest BCUT2D eigenvalue weighted by atomic mass is 79.9. The Balaban J connectivity index is 3.05. The van der Waals surface area contributed by atoms with Gasteiger partial charge in [-0.05, 0) is 40.5 Å². The molecular weight excluding hydrogens is 211 g/mol. The molecule has 0 fully saturated rings. The molecule has 0 radical (unpaired) electrons. The topological polar surface area (TPSA) is 20.2 Å². The van der Waals surface area contributed by atoms with Gasteiger partial charge >= 0.3 is 0 Å². The standard InChI is InChI=1S/C8H8BrFO/c1-5(11)6-2-3-8(10)7(9)4-6/h2-5,11H,1H3. The second-order valence-corrected chi connectivity index (χ2v) is 3.20. The van der Waals surface area contributed by atoms with Gasteiger partial charge in [0.15, 0.2) is 0 Å². The van der Waals surface area contributed by atoms with Crippen molar-refractivity contribution in [3.63, 3.8) is 0 Å². The first-order chi connectivity index (χ1) is 5.11. The maximum Gasteiger partial charge on any atom is 0.137 e. The van der Waals surface area contributed by atoms with Crippen LogP contribution in [0.3, 0.4) is 0 Å². The summed E-state index contributed by atoms with van der Waals surface area (Å²) in [6, 6.07) is 4.46. The maximum atomic E-state index is 12.6. The van der Waals surface area contributed by atoms with Crippen molar-refractivity contribution in [1.29, 1.82) is 0 Å². The van der Waals surface area contributed by atoms with Crippen molar-refractivity contribution in [3.8, 4) is 0 Å². The fourth-order valence-electron chi connectivity index (χ4n) is 0.772. The molecule has 0 aliphatic heterocycles. The van der Waals surface area contributed by atoms with Gasteiger partial charge in [0.05, 0.1) is 10.6 Å². The summed E-state index contributed by atoms with van der Waals surface area (Å²) in [5.74, 6) is -0.311. The van der Waals surface area contributed by atoms with Crippen LogP contribution in [0.15, 0.2) is 22.7 Å². The van der Waals surface area contributed by atoms with Crippen molar-refractivity contribution in [2.24, 2.45) is 0 Å². The number of benzene rings is 1. The van der Waals surface area contributed by atoms with E-state index in [1.165, 1.54) is 6.07 Å². The lowest BCUT2D eigenvalue weighted by molar-refractivity contribution is 0.199. The third-order valence-corrected chi connectivity index (χ3v) is 2.03. The molecule has 0 aliphatic rings. The molecule has 11 heavy (non-hydrogen) atoms. The van der Waals surface area contributed by atoms with Gasteiger partial charge in [-0.1, -0.05) is 6.07 Å². The summed E-state index contributed by atoms with van der Waals surface area (Å²) in [6.45, 7) is 1.64. The Morgan fingerprint density at radius 1 is 1.55 bits per heavy atom. The second-order valence-electron chi connectivity index (χ2n) is 2.35. The molecular formula is C8H8BrFO. The fraction of sp³-hybridized carbons (Fsp3) is 0.250. The minimum absolute atomic E-state index is 0.311. The van der Waals surface area contributed by atoms with Crippen LogP contribution in [0.2, 0.25) is 0 Å². The summed E-state index contributed by atoms with van der Waals surface area (Å²) in [5, 5.41) is 9.10. The lowest BCUT2D eigenvalue weighted by Crippen LogP contribution is -1.91. The molecule has 0 aliphatic carbocycles. The lowest BCUT2D eigenvalue weighted by atomic mass is 10.1. The minimum atomic E-state index is -0.549. The molecule has 1 unspecified atom stereocenters. The molecule has 3 heteroatoms. The Morgan fingerprint density at radius 3 is 2.64 bits per heavy atom. The predicted octanol–water partition coefficient (Wildman–Crippen LogP) is 2.64. The van der Waals surface area contributed by atoms with E-state index in [4.69, 9.17) is 5.11 Å². The van der Waals surface area contributed by atoms with Gasteiger partial charge in [0.25, 0.3) is 0 Å². The largest absolute Gasteiger partial charge is 0.389 e. The zero-order valence-corrected chi connectivity index (χ0v) is 7.60.